The number of hydrogen-bond donors (Lipinski definition) is 1. The van der Waals surface area contributed by atoms with Crippen LogP contribution in [-0.2, 0) is 0 Å². The lowest BCUT2D eigenvalue weighted by Crippen LogP contribution is -2.12. The summed E-state index contributed by atoms with van der Waals surface area (Å²) in [5, 5.41) is 6.64. The van der Waals surface area contributed by atoms with Gasteiger partial charge in [-0.05, 0) is 25.5 Å². The van der Waals surface area contributed by atoms with Crippen molar-refractivity contribution in [2.24, 2.45) is 0 Å². The number of carbonyl (C=O) groups is 1. The first-order chi connectivity index (χ1) is 8.47. The standard InChI is InChI=1S/C11H9Cl2N3O2/c1-5-3-8(12)14-10(13)9(5)15-11(17)7-4-6(2)16-18-7/h3-4H,1-2H3,(H,15,17). The fraction of sp³-hybridized carbons (Fsp3) is 0.182. The minimum Gasteiger partial charge on any atom is -0.351 e. The van der Waals surface area contributed by atoms with Crippen LogP contribution in [0.5, 0.6) is 0 Å². The molecule has 0 aliphatic heterocycles. The van der Waals surface area contributed by atoms with Crippen molar-refractivity contribution < 1.29 is 9.32 Å². The number of hydrogen-bond acceptors (Lipinski definition) is 4. The predicted octanol–water partition coefficient (Wildman–Crippen LogP) is 3.25. The Morgan fingerprint density at radius 2 is 2.06 bits per heavy atom. The molecule has 1 N–H and O–H groups in total. The van der Waals surface area contributed by atoms with E-state index in [-0.39, 0.29) is 16.1 Å². The van der Waals surface area contributed by atoms with Gasteiger partial charge in [-0.15, -0.1) is 0 Å². The van der Waals surface area contributed by atoms with Gasteiger partial charge < -0.3 is 9.84 Å². The molecule has 0 radical (unpaired) electrons. The third kappa shape index (κ3) is 2.63. The molecular weight excluding hydrogens is 277 g/mol. The molecule has 0 unspecified atom stereocenters. The first-order valence-corrected chi connectivity index (χ1v) is 5.80. The van der Waals surface area contributed by atoms with Crippen LogP contribution in [0, 0.1) is 13.8 Å². The zero-order valence-corrected chi connectivity index (χ0v) is 11.1. The van der Waals surface area contributed by atoms with Gasteiger partial charge in [0.2, 0.25) is 5.76 Å². The van der Waals surface area contributed by atoms with Gasteiger partial charge in [0.15, 0.2) is 5.15 Å². The molecule has 7 heteroatoms. The maximum atomic E-state index is 11.9. The van der Waals surface area contributed by atoms with Gasteiger partial charge >= 0.3 is 0 Å². The van der Waals surface area contributed by atoms with Crippen LogP contribution in [0.25, 0.3) is 0 Å². The van der Waals surface area contributed by atoms with E-state index in [1.807, 2.05) is 0 Å². The van der Waals surface area contributed by atoms with Crippen LogP contribution in [0.4, 0.5) is 5.69 Å². The van der Waals surface area contributed by atoms with Crippen molar-refractivity contribution in [3.8, 4) is 0 Å². The molecule has 94 valence electrons. The molecular formula is C11H9Cl2N3O2. The van der Waals surface area contributed by atoms with Gasteiger partial charge in [-0.3, -0.25) is 4.79 Å². The van der Waals surface area contributed by atoms with E-state index in [0.717, 1.165) is 0 Å². The molecule has 0 aliphatic rings. The number of rotatable bonds is 2. The molecule has 0 aliphatic carbocycles. The average Bonchev–Trinajstić information content (AvgIpc) is 2.70. The molecule has 1 amide bonds. The minimum atomic E-state index is -0.440. The van der Waals surface area contributed by atoms with Crippen molar-refractivity contribution in [3.63, 3.8) is 0 Å². The molecule has 2 aromatic rings. The molecule has 0 spiro atoms. The second kappa shape index (κ2) is 4.96. The Bertz CT molecular complexity index is 587. The minimum absolute atomic E-state index is 0.109. The number of nitrogens with zero attached hydrogens (tertiary/aromatic N) is 2. The largest absolute Gasteiger partial charge is 0.351 e. The summed E-state index contributed by atoms with van der Waals surface area (Å²) in [7, 11) is 0. The SMILES string of the molecule is Cc1cc(C(=O)Nc2c(C)cc(Cl)nc2Cl)on1. The van der Waals surface area contributed by atoms with E-state index >= 15 is 0 Å². The van der Waals surface area contributed by atoms with E-state index in [9.17, 15) is 4.79 Å². The van der Waals surface area contributed by atoms with Crippen molar-refractivity contribution >= 4 is 34.8 Å². The number of pyridine rings is 1. The monoisotopic (exact) mass is 285 g/mol. The Kier molecular flexibility index (Phi) is 3.54. The fourth-order valence-electron chi connectivity index (χ4n) is 1.39. The average molecular weight is 286 g/mol. The summed E-state index contributed by atoms with van der Waals surface area (Å²) >= 11 is 11.7. The van der Waals surface area contributed by atoms with Crippen molar-refractivity contribution in [1.82, 2.24) is 10.1 Å². The molecule has 5 nitrogen and oxygen atoms in total. The van der Waals surface area contributed by atoms with Gasteiger partial charge in [0.25, 0.3) is 5.91 Å². The molecule has 18 heavy (non-hydrogen) atoms. The number of anilines is 1. The molecule has 2 aromatic heterocycles. The van der Waals surface area contributed by atoms with Gasteiger partial charge in [0, 0.05) is 6.07 Å². The van der Waals surface area contributed by atoms with Crippen LogP contribution in [-0.4, -0.2) is 16.0 Å². The van der Waals surface area contributed by atoms with Crippen molar-refractivity contribution in [2.45, 2.75) is 13.8 Å². The molecule has 0 aromatic carbocycles. The molecule has 2 heterocycles. The fourth-order valence-corrected chi connectivity index (χ4v) is 1.97. The normalized spacial score (nSPS) is 10.4. The van der Waals surface area contributed by atoms with Crippen LogP contribution >= 0.6 is 23.2 Å². The quantitative estimate of drug-likeness (QED) is 0.860. The van der Waals surface area contributed by atoms with E-state index < -0.39 is 5.91 Å². The van der Waals surface area contributed by atoms with Gasteiger partial charge in [0.1, 0.15) is 5.15 Å². The number of aryl methyl sites for hydroxylation is 2. The summed E-state index contributed by atoms with van der Waals surface area (Å²) in [6, 6.07) is 3.14. The van der Waals surface area contributed by atoms with Gasteiger partial charge in [-0.2, -0.15) is 0 Å². The Balaban J connectivity index is 2.27. The molecule has 2 rings (SSSR count). The second-order valence-electron chi connectivity index (χ2n) is 3.71. The van der Waals surface area contributed by atoms with Crippen molar-refractivity contribution in [1.29, 1.82) is 0 Å². The lowest BCUT2D eigenvalue weighted by atomic mass is 10.2. The number of halogens is 2. The van der Waals surface area contributed by atoms with E-state index in [0.29, 0.717) is 16.9 Å². The summed E-state index contributed by atoms with van der Waals surface area (Å²) in [5.41, 5.74) is 1.74. The molecule has 0 saturated heterocycles. The number of carbonyl (C=O) groups excluding carboxylic acids is 1. The zero-order valence-electron chi connectivity index (χ0n) is 9.62. The highest BCUT2D eigenvalue weighted by atomic mass is 35.5. The Labute approximate surface area is 113 Å². The summed E-state index contributed by atoms with van der Waals surface area (Å²) < 4.78 is 4.85. The number of nitrogens with one attached hydrogen (secondary N) is 1. The molecule has 0 saturated carbocycles. The van der Waals surface area contributed by atoms with Crippen LogP contribution in [0.15, 0.2) is 16.7 Å². The number of amides is 1. The lowest BCUT2D eigenvalue weighted by Gasteiger charge is -2.08. The maximum Gasteiger partial charge on any atom is 0.294 e. The van der Waals surface area contributed by atoms with Gasteiger partial charge in [-0.1, -0.05) is 28.4 Å². The Morgan fingerprint density at radius 3 is 2.61 bits per heavy atom. The Morgan fingerprint density at radius 1 is 1.33 bits per heavy atom. The van der Waals surface area contributed by atoms with Gasteiger partial charge in [-0.25, -0.2) is 4.98 Å². The highest BCUT2D eigenvalue weighted by Gasteiger charge is 2.15. The smallest absolute Gasteiger partial charge is 0.294 e. The zero-order chi connectivity index (χ0) is 13.3. The Hall–Kier alpha value is -1.59. The summed E-state index contributed by atoms with van der Waals surface area (Å²) in [6.45, 7) is 3.49. The maximum absolute atomic E-state index is 11.9. The number of aromatic nitrogens is 2. The van der Waals surface area contributed by atoms with Crippen LogP contribution in [0.2, 0.25) is 10.3 Å². The van der Waals surface area contributed by atoms with E-state index in [1.54, 1.807) is 19.9 Å². The van der Waals surface area contributed by atoms with Crippen molar-refractivity contribution in [3.05, 3.63) is 39.5 Å². The predicted molar refractivity (Wildman–Crippen MR) is 68.2 cm³/mol. The summed E-state index contributed by atoms with van der Waals surface area (Å²) in [4.78, 5) is 15.7. The molecule has 0 bridgehead atoms. The van der Waals surface area contributed by atoms with E-state index in [2.05, 4.69) is 15.5 Å². The van der Waals surface area contributed by atoms with Crippen LogP contribution in [0.3, 0.4) is 0 Å². The van der Waals surface area contributed by atoms with Crippen LogP contribution in [0.1, 0.15) is 21.8 Å². The first kappa shape index (κ1) is 12.9. The van der Waals surface area contributed by atoms with E-state index in [4.69, 9.17) is 27.7 Å². The summed E-state index contributed by atoms with van der Waals surface area (Å²) in [5.74, 6) is -0.331. The third-order valence-electron chi connectivity index (χ3n) is 2.23. The topological polar surface area (TPSA) is 68.0 Å². The lowest BCUT2D eigenvalue weighted by molar-refractivity contribution is 0.0987. The third-order valence-corrected chi connectivity index (χ3v) is 2.70. The second-order valence-corrected chi connectivity index (χ2v) is 4.46. The first-order valence-electron chi connectivity index (χ1n) is 5.04. The highest BCUT2D eigenvalue weighted by Crippen LogP contribution is 2.26. The van der Waals surface area contributed by atoms with Crippen LogP contribution < -0.4 is 5.32 Å². The van der Waals surface area contributed by atoms with Crippen molar-refractivity contribution in [2.75, 3.05) is 5.32 Å². The summed E-state index contributed by atoms with van der Waals surface area (Å²) in [6.07, 6.45) is 0. The van der Waals surface area contributed by atoms with Gasteiger partial charge in [0.05, 0.1) is 11.4 Å². The highest BCUT2D eigenvalue weighted by molar-refractivity contribution is 6.35. The molecule has 0 fully saturated rings. The molecule has 0 atom stereocenters. The van der Waals surface area contributed by atoms with E-state index in [1.165, 1.54) is 6.07 Å².